The number of esters is 1. The van der Waals surface area contributed by atoms with E-state index in [0.717, 1.165) is 6.26 Å². The minimum Gasteiger partial charge on any atom is -0.465 e. The van der Waals surface area contributed by atoms with Gasteiger partial charge in [-0.2, -0.15) is 0 Å². The summed E-state index contributed by atoms with van der Waals surface area (Å²) in [6.45, 7) is 0. The van der Waals surface area contributed by atoms with Gasteiger partial charge in [0.15, 0.2) is 9.84 Å². The van der Waals surface area contributed by atoms with Crippen molar-refractivity contribution in [3.63, 3.8) is 0 Å². The van der Waals surface area contributed by atoms with E-state index >= 15 is 0 Å². The predicted octanol–water partition coefficient (Wildman–Crippen LogP) is 1.87. The molecule has 22 heavy (non-hydrogen) atoms. The second-order valence-corrected chi connectivity index (χ2v) is 8.19. The van der Waals surface area contributed by atoms with E-state index in [1.165, 1.54) is 45.1 Å². The van der Waals surface area contributed by atoms with E-state index in [9.17, 15) is 13.2 Å². The first-order chi connectivity index (χ1) is 10.4. The van der Waals surface area contributed by atoms with Crippen LogP contribution in [0.4, 0.5) is 5.82 Å². The molecule has 2 aliphatic carbocycles. The maximum atomic E-state index is 12.0. The monoisotopic (exact) mass is 324 g/mol. The van der Waals surface area contributed by atoms with Crippen molar-refractivity contribution in [3.05, 3.63) is 17.8 Å². The molecular formula is C15H20N2O4S. The van der Waals surface area contributed by atoms with Gasteiger partial charge in [-0.1, -0.05) is 0 Å². The summed E-state index contributed by atoms with van der Waals surface area (Å²) in [4.78, 5) is 16.2. The van der Waals surface area contributed by atoms with Gasteiger partial charge in [0.05, 0.1) is 12.0 Å². The maximum Gasteiger partial charge on any atom is 0.341 e. The highest BCUT2D eigenvalue weighted by atomic mass is 32.2. The Bertz CT molecular complexity index is 681. The van der Waals surface area contributed by atoms with E-state index in [4.69, 9.17) is 4.74 Å². The van der Waals surface area contributed by atoms with E-state index in [2.05, 4.69) is 10.3 Å². The van der Waals surface area contributed by atoms with Crippen LogP contribution in [0.15, 0.2) is 17.2 Å². The number of carbonyl (C=O) groups is 1. The van der Waals surface area contributed by atoms with Crippen molar-refractivity contribution in [1.82, 2.24) is 4.98 Å². The molecule has 0 saturated heterocycles. The molecule has 0 spiro atoms. The molecule has 0 radical (unpaired) electrons. The normalized spacial score (nSPS) is 18.3. The molecule has 3 rings (SSSR count). The van der Waals surface area contributed by atoms with Crippen LogP contribution < -0.4 is 5.32 Å². The van der Waals surface area contributed by atoms with Crippen LogP contribution >= 0.6 is 0 Å². The van der Waals surface area contributed by atoms with Gasteiger partial charge >= 0.3 is 5.97 Å². The number of hydrogen-bond acceptors (Lipinski definition) is 6. The predicted molar refractivity (Wildman–Crippen MR) is 81.5 cm³/mol. The first-order valence-electron chi connectivity index (χ1n) is 7.45. The van der Waals surface area contributed by atoms with Crippen molar-refractivity contribution >= 4 is 21.6 Å². The molecule has 0 bridgehead atoms. The summed E-state index contributed by atoms with van der Waals surface area (Å²) >= 11 is 0. The van der Waals surface area contributed by atoms with E-state index in [-0.39, 0.29) is 10.5 Å². The van der Waals surface area contributed by atoms with Crippen molar-refractivity contribution in [2.24, 2.45) is 11.8 Å². The molecule has 0 aliphatic heterocycles. The number of hydrogen-bond donors (Lipinski definition) is 1. The number of carbonyl (C=O) groups excluding carboxylic acids is 1. The summed E-state index contributed by atoms with van der Waals surface area (Å²) in [7, 11) is -2.14. The molecule has 0 unspecified atom stereocenters. The van der Waals surface area contributed by atoms with Gasteiger partial charge in [-0.25, -0.2) is 18.2 Å². The summed E-state index contributed by atoms with van der Waals surface area (Å²) in [6, 6.07) is 1.66. The Kier molecular flexibility index (Phi) is 3.84. The van der Waals surface area contributed by atoms with Gasteiger partial charge in [-0.3, -0.25) is 0 Å². The highest BCUT2D eigenvalue weighted by molar-refractivity contribution is 7.90. The molecule has 7 heteroatoms. The fourth-order valence-electron chi connectivity index (χ4n) is 2.72. The lowest BCUT2D eigenvalue weighted by Crippen LogP contribution is -2.26. The van der Waals surface area contributed by atoms with Crippen LogP contribution in [0.25, 0.3) is 0 Å². The average Bonchev–Trinajstić information content (AvgIpc) is 3.36. The van der Waals surface area contributed by atoms with E-state index in [1.807, 2.05) is 0 Å². The van der Waals surface area contributed by atoms with Crippen LogP contribution in [0, 0.1) is 11.8 Å². The van der Waals surface area contributed by atoms with Crippen LogP contribution in [0.1, 0.15) is 36.0 Å². The molecule has 2 saturated carbocycles. The standard InChI is InChI=1S/C15H20N2O4S/c1-21-15(18)12-7-11(22(2,19)20)8-16-14(12)17-13(9-3-4-9)10-5-6-10/h7-10,13H,3-6H2,1-2H3,(H,16,17). The highest BCUT2D eigenvalue weighted by Crippen LogP contribution is 2.46. The minimum atomic E-state index is -3.42. The molecule has 1 heterocycles. The molecule has 2 fully saturated rings. The molecular weight excluding hydrogens is 304 g/mol. The number of aromatic nitrogens is 1. The van der Waals surface area contributed by atoms with Crippen molar-refractivity contribution in [2.75, 3.05) is 18.7 Å². The van der Waals surface area contributed by atoms with Crippen molar-refractivity contribution < 1.29 is 17.9 Å². The van der Waals surface area contributed by atoms with Crippen LogP contribution in [0.5, 0.6) is 0 Å². The highest BCUT2D eigenvalue weighted by Gasteiger charge is 2.42. The molecule has 120 valence electrons. The van der Waals surface area contributed by atoms with Gasteiger partial charge in [-0.05, 0) is 43.6 Å². The largest absolute Gasteiger partial charge is 0.465 e. The molecule has 0 atom stereocenters. The first-order valence-corrected chi connectivity index (χ1v) is 9.34. The van der Waals surface area contributed by atoms with E-state index < -0.39 is 15.8 Å². The van der Waals surface area contributed by atoms with Gasteiger partial charge in [0, 0.05) is 18.5 Å². The number of methoxy groups -OCH3 is 1. The smallest absolute Gasteiger partial charge is 0.341 e. The molecule has 6 nitrogen and oxygen atoms in total. The maximum absolute atomic E-state index is 12.0. The van der Waals surface area contributed by atoms with Crippen molar-refractivity contribution in [3.8, 4) is 0 Å². The topological polar surface area (TPSA) is 85.4 Å². The van der Waals surface area contributed by atoms with Gasteiger partial charge in [0.2, 0.25) is 0 Å². The van der Waals surface area contributed by atoms with Gasteiger partial charge in [-0.15, -0.1) is 0 Å². The van der Waals surface area contributed by atoms with Crippen LogP contribution in [-0.2, 0) is 14.6 Å². The number of ether oxygens (including phenoxy) is 1. The fraction of sp³-hybridized carbons (Fsp3) is 0.600. The van der Waals surface area contributed by atoms with Crippen LogP contribution in [-0.4, -0.2) is 38.8 Å². The number of sulfone groups is 1. The summed E-state index contributed by atoms with van der Waals surface area (Å²) in [5.74, 6) is 1.11. The number of nitrogens with zero attached hydrogens (tertiary/aromatic N) is 1. The lowest BCUT2D eigenvalue weighted by Gasteiger charge is -2.20. The molecule has 1 aromatic rings. The molecule has 0 amide bonds. The Labute approximate surface area is 130 Å². The number of rotatable bonds is 6. The Hall–Kier alpha value is -1.63. The first kappa shape index (κ1) is 15.3. The van der Waals surface area contributed by atoms with Gasteiger partial charge < -0.3 is 10.1 Å². The third-order valence-electron chi connectivity index (χ3n) is 4.26. The second kappa shape index (κ2) is 5.53. The molecule has 1 aromatic heterocycles. The minimum absolute atomic E-state index is 0.0212. The zero-order valence-electron chi connectivity index (χ0n) is 12.7. The van der Waals surface area contributed by atoms with Gasteiger partial charge in [0.1, 0.15) is 11.4 Å². The van der Waals surface area contributed by atoms with Gasteiger partial charge in [0.25, 0.3) is 0 Å². The zero-order chi connectivity index (χ0) is 15.9. The van der Waals surface area contributed by atoms with Crippen LogP contribution in [0.3, 0.4) is 0 Å². The lowest BCUT2D eigenvalue weighted by atomic mass is 10.1. The fourth-order valence-corrected chi connectivity index (χ4v) is 3.29. The Morgan fingerprint density at radius 2 is 1.91 bits per heavy atom. The number of anilines is 1. The van der Waals surface area contributed by atoms with E-state index in [1.54, 1.807) is 0 Å². The zero-order valence-corrected chi connectivity index (χ0v) is 13.5. The SMILES string of the molecule is COC(=O)c1cc(S(C)(=O)=O)cnc1NC(C1CC1)C1CC1. The Morgan fingerprint density at radius 1 is 1.32 bits per heavy atom. The second-order valence-electron chi connectivity index (χ2n) is 6.18. The molecule has 2 aliphatic rings. The molecule has 1 N–H and O–H groups in total. The molecule has 0 aromatic carbocycles. The summed E-state index contributed by atoms with van der Waals surface area (Å²) < 4.78 is 28.1. The van der Waals surface area contributed by atoms with Crippen molar-refractivity contribution in [2.45, 2.75) is 36.6 Å². The summed E-state index contributed by atoms with van der Waals surface area (Å²) in [5, 5.41) is 3.36. The third kappa shape index (κ3) is 3.24. The van der Waals surface area contributed by atoms with Crippen molar-refractivity contribution in [1.29, 1.82) is 0 Å². The Morgan fingerprint density at radius 3 is 2.36 bits per heavy atom. The quantitative estimate of drug-likeness (QED) is 0.804. The number of nitrogens with one attached hydrogen (secondary N) is 1. The average molecular weight is 324 g/mol. The summed E-state index contributed by atoms with van der Waals surface area (Å²) in [5.41, 5.74) is 0.178. The van der Waals surface area contributed by atoms with E-state index in [0.29, 0.717) is 23.7 Å². The Balaban J connectivity index is 1.93. The van der Waals surface area contributed by atoms with Crippen LogP contribution in [0.2, 0.25) is 0 Å². The lowest BCUT2D eigenvalue weighted by molar-refractivity contribution is 0.0601. The number of pyridine rings is 1. The third-order valence-corrected chi connectivity index (χ3v) is 5.34. The summed E-state index contributed by atoms with van der Waals surface area (Å²) in [6.07, 6.45) is 7.18.